The Labute approximate surface area is 165 Å². The van der Waals surface area contributed by atoms with E-state index in [0.29, 0.717) is 13.1 Å². The fourth-order valence-corrected chi connectivity index (χ4v) is 2.79. The third kappa shape index (κ3) is 8.05. The van der Waals surface area contributed by atoms with Gasteiger partial charge in [-0.25, -0.2) is 13.6 Å². The van der Waals surface area contributed by atoms with Crippen molar-refractivity contribution in [2.45, 2.75) is 51.9 Å². The number of alkyl carbamates (subject to hydrolysis) is 1. The van der Waals surface area contributed by atoms with Crippen LogP contribution < -0.4 is 5.32 Å². The predicted octanol–water partition coefficient (Wildman–Crippen LogP) is 4.85. The fraction of sp³-hybridized carbons (Fsp3) is 0.409. The fourth-order valence-electron chi connectivity index (χ4n) is 2.79. The number of benzene rings is 2. The third-order valence-electron chi connectivity index (χ3n) is 3.96. The number of carbonyl (C=O) groups excluding carboxylic acids is 1. The van der Waals surface area contributed by atoms with Crippen LogP contribution in [-0.2, 0) is 17.8 Å². The molecule has 28 heavy (non-hydrogen) atoms. The van der Waals surface area contributed by atoms with Crippen molar-refractivity contribution in [3.63, 3.8) is 0 Å². The van der Waals surface area contributed by atoms with E-state index in [2.05, 4.69) is 5.32 Å². The van der Waals surface area contributed by atoms with Gasteiger partial charge in [0.15, 0.2) is 0 Å². The zero-order valence-corrected chi connectivity index (χ0v) is 16.6. The highest BCUT2D eigenvalue weighted by Gasteiger charge is 2.27. The van der Waals surface area contributed by atoms with E-state index < -0.39 is 24.2 Å². The Kier molecular flexibility index (Phi) is 7.93. The monoisotopic (exact) mass is 390 g/mol. The lowest BCUT2D eigenvalue weighted by atomic mass is 10.1. The molecule has 6 heteroatoms. The van der Waals surface area contributed by atoms with Crippen molar-refractivity contribution in [3.8, 4) is 0 Å². The van der Waals surface area contributed by atoms with Crippen LogP contribution in [0.3, 0.4) is 0 Å². The van der Waals surface area contributed by atoms with Gasteiger partial charge in [0.25, 0.3) is 6.43 Å². The van der Waals surface area contributed by atoms with Gasteiger partial charge in [-0.1, -0.05) is 60.7 Å². The Morgan fingerprint density at radius 3 is 1.82 bits per heavy atom. The maximum Gasteiger partial charge on any atom is 0.408 e. The van der Waals surface area contributed by atoms with E-state index in [4.69, 9.17) is 4.74 Å². The molecule has 0 radical (unpaired) electrons. The third-order valence-corrected chi connectivity index (χ3v) is 3.96. The number of hydrogen-bond acceptors (Lipinski definition) is 3. The molecule has 0 fully saturated rings. The van der Waals surface area contributed by atoms with Crippen LogP contribution in [0, 0.1) is 0 Å². The smallest absolute Gasteiger partial charge is 0.408 e. The zero-order valence-electron chi connectivity index (χ0n) is 16.6. The Morgan fingerprint density at radius 2 is 1.43 bits per heavy atom. The molecule has 0 heterocycles. The number of ether oxygens (including phenoxy) is 1. The molecule has 0 aliphatic carbocycles. The van der Waals surface area contributed by atoms with Crippen LogP contribution in [0.25, 0.3) is 0 Å². The van der Waals surface area contributed by atoms with Crippen molar-refractivity contribution in [1.82, 2.24) is 10.2 Å². The summed E-state index contributed by atoms with van der Waals surface area (Å²) in [5.74, 6) is 0. The number of alkyl halides is 2. The van der Waals surface area contributed by atoms with Crippen molar-refractivity contribution in [2.75, 3.05) is 6.54 Å². The van der Waals surface area contributed by atoms with Crippen LogP contribution in [0.2, 0.25) is 0 Å². The van der Waals surface area contributed by atoms with E-state index in [9.17, 15) is 13.6 Å². The Morgan fingerprint density at radius 1 is 0.964 bits per heavy atom. The molecular weight excluding hydrogens is 362 g/mol. The molecule has 152 valence electrons. The SMILES string of the molecule is CC(C)(C)OC(=O)N[C@@H](CN(Cc1ccccc1)Cc1ccccc1)C(F)F. The Hall–Kier alpha value is -2.47. The first kappa shape index (κ1) is 21.8. The minimum atomic E-state index is -2.71. The summed E-state index contributed by atoms with van der Waals surface area (Å²) in [5.41, 5.74) is 1.29. The number of hydrogen-bond donors (Lipinski definition) is 1. The van der Waals surface area contributed by atoms with Gasteiger partial charge < -0.3 is 10.1 Å². The van der Waals surface area contributed by atoms with E-state index in [1.54, 1.807) is 20.8 Å². The van der Waals surface area contributed by atoms with Gasteiger partial charge >= 0.3 is 6.09 Å². The van der Waals surface area contributed by atoms with Gasteiger partial charge in [0, 0.05) is 19.6 Å². The normalized spacial score (nSPS) is 12.8. The largest absolute Gasteiger partial charge is 0.444 e. The number of halogens is 2. The first-order valence-corrected chi connectivity index (χ1v) is 9.31. The van der Waals surface area contributed by atoms with Gasteiger partial charge in [0.1, 0.15) is 11.6 Å². The second-order valence-corrected chi connectivity index (χ2v) is 7.73. The molecule has 0 bridgehead atoms. The standard InChI is InChI=1S/C22H28F2N2O2/c1-22(2,3)28-21(27)25-19(20(23)24)16-26(14-17-10-6-4-7-11-17)15-18-12-8-5-9-13-18/h4-13,19-20H,14-16H2,1-3H3,(H,25,27)/t19-/m0/s1. The lowest BCUT2D eigenvalue weighted by Gasteiger charge is -2.29. The molecule has 0 saturated heterocycles. The van der Waals surface area contributed by atoms with Crippen molar-refractivity contribution < 1.29 is 18.3 Å². The Balaban J connectivity index is 2.11. The van der Waals surface area contributed by atoms with Crippen LogP contribution in [0.1, 0.15) is 31.9 Å². The highest BCUT2D eigenvalue weighted by Crippen LogP contribution is 2.14. The van der Waals surface area contributed by atoms with E-state index >= 15 is 0 Å². The average Bonchev–Trinajstić information content (AvgIpc) is 2.61. The molecule has 2 aromatic rings. The minimum Gasteiger partial charge on any atom is -0.444 e. The number of carbonyl (C=O) groups is 1. The predicted molar refractivity (Wildman–Crippen MR) is 106 cm³/mol. The van der Waals surface area contributed by atoms with Gasteiger partial charge in [-0.3, -0.25) is 4.90 Å². The lowest BCUT2D eigenvalue weighted by molar-refractivity contribution is 0.0305. The van der Waals surface area contributed by atoms with Gasteiger partial charge in [-0.2, -0.15) is 0 Å². The van der Waals surface area contributed by atoms with Crippen molar-refractivity contribution in [2.24, 2.45) is 0 Å². The van der Waals surface area contributed by atoms with Crippen molar-refractivity contribution in [1.29, 1.82) is 0 Å². The summed E-state index contributed by atoms with van der Waals surface area (Å²) in [6.45, 7) is 6.08. The molecule has 0 aromatic heterocycles. The molecule has 2 aromatic carbocycles. The summed E-state index contributed by atoms with van der Waals surface area (Å²) < 4.78 is 32.4. The summed E-state index contributed by atoms with van der Waals surface area (Å²) in [4.78, 5) is 13.9. The average molecular weight is 390 g/mol. The molecule has 1 amide bonds. The molecule has 0 unspecified atom stereocenters. The number of nitrogens with one attached hydrogen (secondary N) is 1. The zero-order chi connectivity index (χ0) is 20.6. The van der Waals surface area contributed by atoms with Gasteiger partial charge in [0.2, 0.25) is 0 Å². The highest BCUT2D eigenvalue weighted by atomic mass is 19.3. The Bertz CT molecular complexity index is 677. The number of rotatable bonds is 8. The molecule has 1 N–H and O–H groups in total. The summed E-state index contributed by atoms with van der Waals surface area (Å²) >= 11 is 0. The first-order valence-electron chi connectivity index (χ1n) is 9.31. The number of amides is 1. The summed E-state index contributed by atoms with van der Waals surface area (Å²) in [5, 5.41) is 2.32. The molecule has 4 nitrogen and oxygen atoms in total. The van der Waals surface area contributed by atoms with Gasteiger partial charge in [-0.05, 0) is 31.9 Å². The summed E-state index contributed by atoms with van der Waals surface area (Å²) in [7, 11) is 0. The molecule has 0 spiro atoms. The second kappa shape index (κ2) is 10.2. The summed E-state index contributed by atoms with van der Waals surface area (Å²) in [6, 6.07) is 18.0. The molecule has 0 saturated carbocycles. The van der Waals surface area contributed by atoms with E-state index in [0.717, 1.165) is 11.1 Å². The van der Waals surface area contributed by atoms with E-state index in [1.165, 1.54) is 0 Å². The maximum atomic E-state index is 13.6. The highest BCUT2D eigenvalue weighted by molar-refractivity contribution is 5.68. The van der Waals surface area contributed by atoms with Gasteiger partial charge in [-0.15, -0.1) is 0 Å². The molecule has 2 rings (SSSR count). The summed E-state index contributed by atoms with van der Waals surface area (Å²) in [6.07, 6.45) is -3.54. The molecule has 0 aliphatic heterocycles. The first-order chi connectivity index (χ1) is 13.2. The van der Waals surface area contributed by atoms with Crippen molar-refractivity contribution >= 4 is 6.09 Å². The van der Waals surface area contributed by atoms with Crippen molar-refractivity contribution in [3.05, 3.63) is 71.8 Å². The molecule has 0 aliphatic rings. The second-order valence-electron chi connectivity index (χ2n) is 7.73. The van der Waals surface area contributed by atoms with Crippen LogP contribution in [0.4, 0.5) is 13.6 Å². The van der Waals surface area contributed by atoms with E-state index in [-0.39, 0.29) is 6.54 Å². The topological polar surface area (TPSA) is 41.6 Å². The van der Waals surface area contributed by atoms with Crippen LogP contribution in [-0.4, -0.2) is 35.6 Å². The van der Waals surface area contributed by atoms with E-state index in [1.807, 2.05) is 65.6 Å². The molecular formula is C22H28F2N2O2. The van der Waals surface area contributed by atoms with Gasteiger partial charge in [0.05, 0.1) is 0 Å². The lowest BCUT2D eigenvalue weighted by Crippen LogP contribution is -2.49. The molecule has 1 atom stereocenters. The maximum absolute atomic E-state index is 13.6. The van der Waals surface area contributed by atoms with Crippen LogP contribution in [0.5, 0.6) is 0 Å². The quantitative estimate of drug-likeness (QED) is 0.701. The van der Waals surface area contributed by atoms with Crippen LogP contribution >= 0.6 is 0 Å². The van der Waals surface area contributed by atoms with Crippen LogP contribution in [0.15, 0.2) is 60.7 Å². The minimum absolute atomic E-state index is 0.000693. The number of nitrogens with zero attached hydrogens (tertiary/aromatic N) is 1.